The highest BCUT2D eigenvalue weighted by atomic mass is 35.5. The molecule has 0 amide bonds. The molecule has 1 fully saturated rings. The monoisotopic (exact) mass is 590 g/mol. The predicted molar refractivity (Wildman–Crippen MR) is 172 cm³/mol. The fourth-order valence-electron chi connectivity index (χ4n) is 4.40. The minimum absolute atomic E-state index is 0.102. The zero-order chi connectivity index (χ0) is 29.8. The standard InChI is InChI=1S/C22H24Cl2N6O.C8H10.C2H2/c1-14-12-29(9-7-26-14)22(25)28-17-4-5-18-20(11-17)27-13-30(21(18)31)8-6-15-2-3-16(23)10-19(15)24;1-2-8-6-4-3-5-7-8;1-2/h2-5,10-11,13-14,26H,6-9,12H2,1H3,(H2,25,28);3-7H,2H2,1H3;1-2H/t14-;;/m1../s1. The molecular weight excluding hydrogens is 555 g/mol. The summed E-state index contributed by atoms with van der Waals surface area (Å²) in [4.78, 5) is 23.9. The number of nitrogens with two attached hydrogens (primary N) is 1. The van der Waals surface area contributed by atoms with Crippen LogP contribution in [-0.4, -0.2) is 46.1 Å². The fraction of sp³-hybridized carbons (Fsp3) is 0.281. The van der Waals surface area contributed by atoms with Crippen molar-refractivity contribution in [3.63, 3.8) is 0 Å². The highest BCUT2D eigenvalue weighted by molar-refractivity contribution is 6.35. The number of rotatable bonds is 5. The van der Waals surface area contributed by atoms with Gasteiger partial charge in [0.2, 0.25) is 0 Å². The van der Waals surface area contributed by atoms with Gasteiger partial charge in [-0.05, 0) is 61.2 Å². The van der Waals surface area contributed by atoms with Gasteiger partial charge in [0.05, 0.1) is 22.9 Å². The number of aromatic nitrogens is 2. The Morgan fingerprint density at radius 1 is 1.12 bits per heavy atom. The van der Waals surface area contributed by atoms with Crippen LogP contribution in [0.5, 0.6) is 0 Å². The van der Waals surface area contributed by atoms with E-state index in [1.165, 1.54) is 5.56 Å². The molecule has 4 aromatic rings. The first kappa shape index (κ1) is 31.7. The number of nitrogens with zero attached hydrogens (tertiary/aromatic N) is 4. The summed E-state index contributed by atoms with van der Waals surface area (Å²) < 4.78 is 1.59. The van der Waals surface area contributed by atoms with E-state index in [-0.39, 0.29) is 5.56 Å². The highest BCUT2D eigenvalue weighted by Crippen LogP contribution is 2.22. The van der Waals surface area contributed by atoms with Crippen LogP contribution in [-0.2, 0) is 19.4 Å². The number of hydrogen-bond donors (Lipinski definition) is 2. The van der Waals surface area contributed by atoms with E-state index in [1.54, 1.807) is 41.2 Å². The van der Waals surface area contributed by atoms with Gasteiger partial charge in [0.1, 0.15) is 0 Å². The van der Waals surface area contributed by atoms with Crippen molar-refractivity contribution in [1.82, 2.24) is 19.8 Å². The van der Waals surface area contributed by atoms with Crippen molar-refractivity contribution in [2.45, 2.75) is 39.3 Å². The number of halogens is 2. The van der Waals surface area contributed by atoms with E-state index in [9.17, 15) is 4.79 Å². The second kappa shape index (κ2) is 15.8. The lowest BCUT2D eigenvalue weighted by atomic mass is 10.1. The van der Waals surface area contributed by atoms with Gasteiger partial charge in [-0.15, -0.1) is 12.8 Å². The molecule has 0 spiro atoms. The maximum absolute atomic E-state index is 12.9. The van der Waals surface area contributed by atoms with Crippen LogP contribution >= 0.6 is 23.2 Å². The molecule has 3 aromatic carbocycles. The van der Waals surface area contributed by atoms with Gasteiger partial charge in [-0.1, -0.05) is 66.5 Å². The molecule has 1 atom stereocenters. The molecule has 1 aliphatic heterocycles. The second-order valence-electron chi connectivity index (χ2n) is 9.54. The smallest absolute Gasteiger partial charge is 0.261 e. The molecule has 5 rings (SSSR count). The Bertz CT molecular complexity index is 1530. The molecule has 0 saturated carbocycles. The highest BCUT2D eigenvalue weighted by Gasteiger charge is 2.17. The summed E-state index contributed by atoms with van der Waals surface area (Å²) in [5, 5.41) is 5.10. The lowest BCUT2D eigenvalue weighted by Gasteiger charge is -2.32. The van der Waals surface area contributed by atoms with E-state index < -0.39 is 0 Å². The molecular formula is C32H36Cl2N6O. The molecule has 1 aromatic heterocycles. The van der Waals surface area contributed by atoms with Crippen molar-refractivity contribution in [2.75, 3.05) is 19.6 Å². The van der Waals surface area contributed by atoms with E-state index in [0.717, 1.165) is 31.6 Å². The van der Waals surface area contributed by atoms with Gasteiger partial charge >= 0.3 is 0 Å². The van der Waals surface area contributed by atoms with Gasteiger partial charge in [0.15, 0.2) is 5.96 Å². The third-order valence-corrected chi connectivity index (χ3v) is 7.22. The lowest BCUT2D eigenvalue weighted by molar-refractivity contribution is 0.301. The summed E-state index contributed by atoms with van der Waals surface area (Å²) >= 11 is 12.2. The molecule has 2 heterocycles. The Kier molecular flexibility index (Phi) is 12.2. The van der Waals surface area contributed by atoms with Crippen LogP contribution in [0.1, 0.15) is 25.0 Å². The topological polar surface area (TPSA) is 88.5 Å². The Labute approximate surface area is 252 Å². The molecule has 0 aliphatic carbocycles. The number of benzene rings is 3. The minimum Gasteiger partial charge on any atom is -0.369 e. The van der Waals surface area contributed by atoms with Crippen LogP contribution in [0.15, 0.2) is 82.8 Å². The van der Waals surface area contributed by atoms with Crippen molar-refractivity contribution < 1.29 is 0 Å². The third kappa shape index (κ3) is 9.09. The number of terminal acetylenes is 1. The molecule has 41 heavy (non-hydrogen) atoms. The molecule has 1 saturated heterocycles. The number of fused-ring (bicyclic) bond motifs is 1. The Morgan fingerprint density at radius 3 is 2.54 bits per heavy atom. The molecule has 214 valence electrons. The third-order valence-electron chi connectivity index (χ3n) is 6.63. The summed E-state index contributed by atoms with van der Waals surface area (Å²) in [7, 11) is 0. The SMILES string of the molecule is C#C.CCc1ccccc1.C[C@@H]1CN(C(N)=Nc2ccc3c(=O)n(CCc4ccc(Cl)cc4Cl)cnc3c2)CCN1. The molecule has 7 nitrogen and oxygen atoms in total. The van der Waals surface area contributed by atoms with E-state index >= 15 is 0 Å². The Morgan fingerprint density at radius 2 is 1.88 bits per heavy atom. The lowest BCUT2D eigenvalue weighted by Crippen LogP contribution is -2.53. The molecule has 3 N–H and O–H groups in total. The Hall–Kier alpha value is -3.83. The van der Waals surface area contributed by atoms with Crippen LogP contribution in [0.25, 0.3) is 10.9 Å². The van der Waals surface area contributed by atoms with Crippen LogP contribution in [0.4, 0.5) is 5.69 Å². The summed E-state index contributed by atoms with van der Waals surface area (Å²) in [5.41, 5.74) is 9.70. The van der Waals surface area contributed by atoms with Gasteiger partial charge in [-0.2, -0.15) is 0 Å². The van der Waals surface area contributed by atoms with Crippen molar-refractivity contribution >= 4 is 45.8 Å². The summed E-state index contributed by atoms with van der Waals surface area (Å²) in [6.45, 7) is 7.24. The van der Waals surface area contributed by atoms with Gasteiger partial charge in [-0.3, -0.25) is 9.36 Å². The van der Waals surface area contributed by atoms with Crippen molar-refractivity contribution in [2.24, 2.45) is 10.7 Å². The van der Waals surface area contributed by atoms with Gasteiger partial charge in [0.25, 0.3) is 5.56 Å². The van der Waals surface area contributed by atoms with E-state index in [1.807, 2.05) is 12.1 Å². The number of nitrogens with one attached hydrogen (secondary N) is 1. The number of guanidine groups is 1. The van der Waals surface area contributed by atoms with E-state index in [4.69, 9.17) is 28.9 Å². The largest absolute Gasteiger partial charge is 0.369 e. The van der Waals surface area contributed by atoms with Crippen molar-refractivity contribution in [3.05, 3.63) is 105 Å². The zero-order valence-electron chi connectivity index (χ0n) is 23.4. The average Bonchev–Trinajstić information content (AvgIpc) is 2.99. The first-order chi connectivity index (χ1) is 19.8. The average molecular weight is 592 g/mol. The quantitative estimate of drug-likeness (QED) is 0.177. The van der Waals surface area contributed by atoms with Crippen LogP contribution in [0.2, 0.25) is 10.0 Å². The van der Waals surface area contributed by atoms with Crippen molar-refractivity contribution in [1.29, 1.82) is 0 Å². The maximum atomic E-state index is 12.9. The van der Waals surface area contributed by atoms with Crippen molar-refractivity contribution in [3.8, 4) is 12.8 Å². The molecule has 0 radical (unpaired) electrons. The number of piperazine rings is 1. The second-order valence-corrected chi connectivity index (χ2v) is 10.4. The molecule has 0 bridgehead atoms. The van der Waals surface area contributed by atoms with Gasteiger partial charge in [-0.25, -0.2) is 9.98 Å². The Balaban J connectivity index is 0.000000394. The van der Waals surface area contributed by atoms with Crippen LogP contribution < -0.4 is 16.6 Å². The maximum Gasteiger partial charge on any atom is 0.261 e. The van der Waals surface area contributed by atoms with Crippen LogP contribution in [0, 0.1) is 12.8 Å². The first-order valence-electron chi connectivity index (χ1n) is 13.5. The summed E-state index contributed by atoms with van der Waals surface area (Å²) in [6, 6.07) is 21.5. The van der Waals surface area contributed by atoms with E-state index in [0.29, 0.717) is 51.6 Å². The molecule has 1 aliphatic rings. The first-order valence-corrected chi connectivity index (χ1v) is 14.2. The molecule has 0 unspecified atom stereocenters. The summed E-state index contributed by atoms with van der Waals surface area (Å²) in [5.74, 6) is 0.473. The van der Waals surface area contributed by atoms with Crippen LogP contribution in [0.3, 0.4) is 0 Å². The van der Waals surface area contributed by atoms with Gasteiger partial charge in [0, 0.05) is 42.3 Å². The van der Waals surface area contributed by atoms with Gasteiger partial charge < -0.3 is 16.0 Å². The number of aryl methyl sites for hydroxylation is 3. The fourth-order valence-corrected chi connectivity index (χ4v) is 4.90. The molecule has 9 heteroatoms. The number of aliphatic imine (C=N–C) groups is 1. The van der Waals surface area contributed by atoms with E-state index in [2.05, 4.69) is 71.2 Å². The normalized spacial score (nSPS) is 14.9. The summed E-state index contributed by atoms with van der Waals surface area (Å²) in [6.07, 6.45) is 11.3. The minimum atomic E-state index is -0.102. The zero-order valence-corrected chi connectivity index (χ0v) is 24.9. The number of hydrogen-bond acceptors (Lipinski definition) is 4. The predicted octanol–water partition coefficient (Wildman–Crippen LogP) is 5.68.